The number of carbonyl (C=O) groups is 2. The van der Waals surface area contributed by atoms with E-state index in [-0.39, 0.29) is 24.6 Å². The smallest absolute Gasteiger partial charge is 0.315 e. The van der Waals surface area contributed by atoms with Gasteiger partial charge in [-0.05, 0) is 38.7 Å². The first kappa shape index (κ1) is 18.3. The van der Waals surface area contributed by atoms with Crippen LogP contribution >= 0.6 is 0 Å². The van der Waals surface area contributed by atoms with E-state index in [4.69, 9.17) is 9.84 Å². The summed E-state index contributed by atoms with van der Waals surface area (Å²) in [6.07, 6.45) is 1.73. The molecule has 0 saturated carbocycles. The highest BCUT2D eigenvalue weighted by atomic mass is 16.5. The second kappa shape index (κ2) is 8.15. The number of ether oxygens (including phenoxy) is 1. The lowest BCUT2D eigenvalue weighted by Gasteiger charge is -2.30. The molecular weight excluding hydrogens is 308 g/mol. The van der Waals surface area contributed by atoms with Gasteiger partial charge in [-0.3, -0.25) is 4.79 Å². The predicted octanol–water partition coefficient (Wildman–Crippen LogP) is 2.33. The van der Waals surface area contributed by atoms with Crippen molar-refractivity contribution in [2.45, 2.75) is 57.2 Å². The maximum absolute atomic E-state index is 12.4. The molecule has 0 aromatic heterocycles. The molecule has 0 bridgehead atoms. The molecule has 0 aliphatic carbocycles. The van der Waals surface area contributed by atoms with Crippen LogP contribution in [-0.2, 0) is 16.0 Å². The molecule has 3 atom stereocenters. The molecule has 3 N–H and O–H groups in total. The van der Waals surface area contributed by atoms with Crippen LogP contribution in [0.3, 0.4) is 0 Å². The first-order valence-corrected chi connectivity index (χ1v) is 8.35. The molecule has 132 valence electrons. The van der Waals surface area contributed by atoms with Crippen molar-refractivity contribution in [1.29, 1.82) is 0 Å². The van der Waals surface area contributed by atoms with Gasteiger partial charge in [-0.15, -0.1) is 0 Å². The number of carbonyl (C=O) groups excluding carboxylic acids is 1. The fourth-order valence-corrected chi connectivity index (χ4v) is 2.90. The van der Waals surface area contributed by atoms with Gasteiger partial charge < -0.3 is 20.5 Å². The lowest BCUT2D eigenvalue weighted by Crippen LogP contribution is -2.55. The number of hydrogen-bond acceptors (Lipinski definition) is 3. The largest absolute Gasteiger partial charge is 0.481 e. The standard InChI is InChI=1S/C18H26N2O4/c1-13-18(2,10-11-24-13)20-17(23)19-15(8-9-16(21)22)12-14-6-4-3-5-7-14/h3-7,13,15H,8-12H2,1-2H3,(H,21,22)(H2,19,20,23). The van der Waals surface area contributed by atoms with E-state index in [2.05, 4.69) is 10.6 Å². The van der Waals surface area contributed by atoms with Gasteiger partial charge in [-0.25, -0.2) is 4.79 Å². The number of hydrogen-bond donors (Lipinski definition) is 3. The molecule has 2 amide bonds. The Morgan fingerprint density at radius 3 is 2.67 bits per heavy atom. The maximum Gasteiger partial charge on any atom is 0.315 e. The topological polar surface area (TPSA) is 87.7 Å². The van der Waals surface area contributed by atoms with Gasteiger partial charge in [0.2, 0.25) is 0 Å². The highest BCUT2D eigenvalue weighted by Gasteiger charge is 2.38. The fourth-order valence-electron chi connectivity index (χ4n) is 2.90. The summed E-state index contributed by atoms with van der Waals surface area (Å²) in [5.41, 5.74) is 0.672. The number of nitrogens with one attached hydrogen (secondary N) is 2. The summed E-state index contributed by atoms with van der Waals surface area (Å²) in [6, 6.07) is 9.23. The Hall–Kier alpha value is -2.08. The second-order valence-electron chi connectivity index (χ2n) is 6.60. The van der Waals surface area contributed by atoms with E-state index in [1.807, 2.05) is 44.2 Å². The quantitative estimate of drug-likeness (QED) is 0.714. The molecule has 1 aromatic rings. The van der Waals surface area contributed by atoms with Crippen LogP contribution in [0.1, 0.15) is 38.7 Å². The Morgan fingerprint density at radius 2 is 2.08 bits per heavy atom. The van der Waals surface area contributed by atoms with Gasteiger partial charge in [0.1, 0.15) is 0 Å². The zero-order chi connectivity index (χ0) is 17.6. The van der Waals surface area contributed by atoms with E-state index < -0.39 is 11.5 Å². The van der Waals surface area contributed by atoms with Crippen molar-refractivity contribution in [2.75, 3.05) is 6.61 Å². The van der Waals surface area contributed by atoms with Crippen LogP contribution < -0.4 is 10.6 Å². The molecule has 2 rings (SSSR count). The van der Waals surface area contributed by atoms with Crippen LogP contribution in [0.15, 0.2) is 30.3 Å². The van der Waals surface area contributed by atoms with Crippen LogP contribution in [0, 0.1) is 0 Å². The monoisotopic (exact) mass is 334 g/mol. The maximum atomic E-state index is 12.4. The molecule has 1 heterocycles. The fraction of sp³-hybridized carbons (Fsp3) is 0.556. The van der Waals surface area contributed by atoms with Crippen molar-refractivity contribution >= 4 is 12.0 Å². The van der Waals surface area contributed by atoms with E-state index in [0.717, 1.165) is 12.0 Å². The van der Waals surface area contributed by atoms with Gasteiger partial charge >= 0.3 is 12.0 Å². The van der Waals surface area contributed by atoms with Gasteiger partial charge in [-0.2, -0.15) is 0 Å². The normalized spacial score (nSPS) is 24.3. The van der Waals surface area contributed by atoms with E-state index in [9.17, 15) is 9.59 Å². The third-order valence-electron chi connectivity index (χ3n) is 4.65. The highest BCUT2D eigenvalue weighted by molar-refractivity contribution is 5.75. The molecule has 6 heteroatoms. The van der Waals surface area contributed by atoms with Gasteiger partial charge in [-0.1, -0.05) is 30.3 Å². The third kappa shape index (κ3) is 5.23. The van der Waals surface area contributed by atoms with Crippen molar-refractivity contribution in [3.8, 4) is 0 Å². The molecule has 1 saturated heterocycles. The van der Waals surface area contributed by atoms with Gasteiger partial charge in [0.25, 0.3) is 0 Å². The molecule has 1 aromatic carbocycles. The zero-order valence-electron chi connectivity index (χ0n) is 14.2. The van der Waals surface area contributed by atoms with Gasteiger partial charge in [0, 0.05) is 19.1 Å². The highest BCUT2D eigenvalue weighted by Crippen LogP contribution is 2.24. The molecule has 1 aliphatic heterocycles. The van der Waals surface area contributed by atoms with Gasteiger partial charge in [0.15, 0.2) is 0 Å². The van der Waals surface area contributed by atoms with Crippen molar-refractivity contribution in [2.24, 2.45) is 0 Å². The summed E-state index contributed by atoms with van der Waals surface area (Å²) in [4.78, 5) is 23.2. The van der Waals surface area contributed by atoms with Crippen LogP contribution in [0.2, 0.25) is 0 Å². The van der Waals surface area contributed by atoms with Crippen molar-refractivity contribution in [1.82, 2.24) is 10.6 Å². The first-order chi connectivity index (χ1) is 11.4. The molecule has 1 fully saturated rings. The first-order valence-electron chi connectivity index (χ1n) is 8.35. The molecule has 3 unspecified atom stereocenters. The van der Waals surface area contributed by atoms with Crippen LogP contribution in [0.4, 0.5) is 4.79 Å². The van der Waals surface area contributed by atoms with Crippen molar-refractivity contribution < 1.29 is 19.4 Å². The van der Waals surface area contributed by atoms with Crippen LogP contribution in [-0.4, -0.2) is 41.4 Å². The number of aliphatic carboxylic acids is 1. The summed E-state index contributed by atoms with van der Waals surface area (Å²) in [5, 5.41) is 14.8. The molecule has 0 radical (unpaired) electrons. The van der Waals surface area contributed by atoms with Crippen molar-refractivity contribution in [3.05, 3.63) is 35.9 Å². The Kier molecular flexibility index (Phi) is 6.20. The van der Waals surface area contributed by atoms with Crippen molar-refractivity contribution in [3.63, 3.8) is 0 Å². The van der Waals surface area contributed by atoms with Gasteiger partial charge in [0.05, 0.1) is 11.6 Å². The summed E-state index contributed by atoms with van der Waals surface area (Å²) < 4.78 is 5.53. The van der Waals surface area contributed by atoms with Crippen LogP contribution in [0.25, 0.3) is 0 Å². The van der Waals surface area contributed by atoms with Crippen LogP contribution in [0.5, 0.6) is 0 Å². The minimum Gasteiger partial charge on any atom is -0.481 e. The SMILES string of the molecule is CC1OCCC1(C)NC(=O)NC(CCC(=O)O)Cc1ccccc1. The Labute approximate surface area is 142 Å². The molecule has 1 aliphatic rings. The number of carboxylic acid groups (broad SMARTS) is 1. The number of carboxylic acids is 1. The predicted molar refractivity (Wildman–Crippen MR) is 90.9 cm³/mol. The summed E-state index contributed by atoms with van der Waals surface area (Å²) in [5.74, 6) is -0.861. The third-order valence-corrected chi connectivity index (χ3v) is 4.65. The average Bonchev–Trinajstić information content (AvgIpc) is 2.84. The number of urea groups is 1. The molecule has 24 heavy (non-hydrogen) atoms. The minimum absolute atomic E-state index is 0.0224. The number of amides is 2. The average molecular weight is 334 g/mol. The Balaban J connectivity index is 1.95. The second-order valence-corrected chi connectivity index (χ2v) is 6.60. The molecule has 0 spiro atoms. The summed E-state index contributed by atoms with van der Waals surface area (Å²) in [6.45, 7) is 4.54. The number of benzene rings is 1. The summed E-state index contributed by atoms with van der Waals surface area (Å²) >= 11 is 0. The lowest BCUT2D eigenvalue weighted by atomic mass is 9.95. The molecular formula is C18H26N2O4. The number of rotatable bonds is 7. The summed E-state index contributed by atoms with van der Waals surface area (Å²) in [7, 11) is 0. The Bertz CT molecular complexity index is 563. The Morgan fingerprint density at radius 1 is 1.38 bits per heavy atom. The minimum atomic E-state index is -0.861. The lowest BCUT2D eigenvalue weighted by molar-refractivity contribution is -0.137. The van der Waals surface area contributed by atoms with E-state index >= 15 is 0 Å². The van der Waals surface area contributed by atoms with E-state index in [1.165, 1.54) is 0 Å². The zero-order valence-corrected chi connectivity index (χ0v) is 14.2. The van der Waals surface area contributed by atoms with E-state index in [0.29, 0.717) is 19.4 Å². The van der Waals surface area contributed by atoms with E-state index in [1.54, 1.807) is 0 Å². The molecule has 6 nitrogen and oxygen atoms in total.